The lowest BCUT2D eigenvalue weighted by molar-refractivity contribution is -0.144. The Labute approximate surface area is 279 Å². The van der Waals surface area contributed by atoms with E-state index in [0.29, 0.717) is 43.5 Å². The summed E-state index contributed by atoms with van der Waals surface area (Å²) in [5, 5.41) is 1.84. The Morgan fingerprint density at radius 2 is 1.52 bits per heavy atom. The summed E-state index contributed by atoms with van der Waals surface area (Å²) in [5.74, 6) is 0.821. The molecule has 0 aliphatic rings. The minimum absolute atomic E-state index is 0.266. The average molecular weight is 709 g/mol. The Balaban J connectivity index is 1.21. The summed E-state index contributed by atoms with van der Waals surface area (Å²) in [6.07, 6.45) is 0. The number of carbonyl (C=O) groups is 2. The highest BCUT2D eigenvalue weighted by molar-refractivity contribution is 8.76. The summed E-state index contributed by atoms with van der Waals surface area (Å²) in [6.45, 7) is 7.64. The molecule has 0 bridgehead atoms. The van der Waals surface area contributed by atoms with Crippen LogP contribution in [0.1, 0.15) is 42.6 Å². The molecule has 4 rings (SSSR count). The first-order valence-electron chi connectivity index (χ1n) is 13.9. The van der Waals surface area contributed by atoms with Gasteiger partial charge in [-0.25, -0.2) is 4.79 Å². The summed E-state index contributed by atoms with van der Waals surface area (Å²) in [4.78, 5) is 26.5. The number of esters is 2. The minimum Gasteiger partial charge on any atom is -0.464 e. The highest BCUT2D eigenvalue weighted by Crippen LogP contribution is 2.39. The zero-order valence-electron chi connectivity index (χ0n) is 24.5. The van der Waals surface area contributed by atoms with E-state index in [2.05, 4.69) is 0 Å². The van der Waals surface area contributed by atoms with Gasteiger partial charge in [0.25, 0.3) is 0 Å². The van der Waals surface area contributed by atoms with E-state index in [4.69, 9.17) is 35.3 Å². The van der Waals surface area contributed by atoms with E-state index >= 15 is 0 Å². The van der Waals surface area contributed by atoms with Gasteiger partial charge in [-0.1, -0.05) is 90.9 Å². The van der Waals surface area contributed by atoms with Crippen molar-refractivity contribution in [2.75, 3.05) is 37.9 Å². The van der Waals surface area contributed by atoms with Gasteiger partial charge in [-0.2, -0.15) is 0 Å². The molecule has 1 heterocycles. The molecule has 3 aromatic carbocycles. The largest absolute Gasteiger partial charge is 0.464 e. The van der Waals surface area contributed by atoms with Crippen molar-refractivity contribution in [2.45, 2.75) is 26.7 Å². The van der Waals surface area contributed by atoms with Gasteiger partial charge in [0.15, 0.2) is 0 Å². The van der Waals surface area contributed by atoms with Crippen molar-refractivity contribution < 1.29 is 32.6 Å². The number of benzene rings is 3. The van der Waals surface area contributed by atoms with Crippen molar-refractivity contribution in [1.29, 1.82) is 0 Å². The lowest BCUT2D eigenvalue weighted by Gasteiger charge is -2.14. The van der Waals surface area contributed by atoms with E-state index in [1.165, 1.54) is 0 Å². The van der Waals surface area contributed by atoms with Gasteiger partial charge in [-0.05, 0) is 73.0 Å². The molecule has 1 atom stereocenters. The van der Waals surface area contributed by atoms with Crippen LogP contribution in [0.4, 0.5) is 0 Å². The van der Waals surface area contributed by atoms with Crippen LogP contribution in [-0.4, -0.2) is 49.9 Å². The Kier molecular flexibility index (Phi) is 14.6. The lowest BCUT2D eigenvalue weighted by Crippen LogP contribution is -2.14. The van der Waals surface area contributed by atoms with Crippen molar-refractivity contribution in [3.63, 3.8) is 0 Å². The van der Waals surface area contributed by atoms with Gasteiger partial charge >= 0.3 is 20.5 Å². The smallest absolute Gasteiger partial charge is 0.343 e. The summed E-state index contributed by atoms with van der Waals surface area (Å²) >= 11 is 5.21. The number of hydrogen-bond donors (Lipinski definition) is 0. The second kappa shape index (κ2) is 18.3. The molecular weight excluding hydrogens is 676 g/mol. The highest BCUT2D eigenvalue weighted by Gasteiger charge is 2.18. The number of ether oxygens (including phenoxy) is 2. The van der Waals surface area contributed by atoms with Crippen LogP contribution in [0.3, 0.4) is 0 Å². The van der Waals surface area contributed by atoms with E-state index < -0.39 is 20.5 Å². The Bertz CT molecular complexity index is 1570. The Morgan fingerprint density at radius 3 is 2.20 bits per heavy atom. The van der Waals surface area contributed by atoms with Crippen LogP contribution in [0.25, 0.3) is 21.2 Å². The summed E-state index contributed by atoms with van der Waals surface area (Å²) in [7, 11) is 5.20. The van der Waals surface area contributed by atoms with Gasteiger partial charge in [-0.15, -0.1) is 0 Å². The quantitative estimate of drug-likeness (QED) is 0.0264. The molecule has 0 fully saturated rings. The number of fused-ring (bicyclic) bond motifs is 1. The first-order chi connectivity index (χ1) is 21.4. The van der Waals surface area contributed by atoms with Crippen LogP contribution in [0, 0.1) is 3.82 Å². The van der Waals surface area contributed by atoms with E-state index in [1.807, 2.05) is 69.3 Å². The number of rotatable bonds is 17. The van der Waals surface area contributed by atoms with Crippen molar-refractivity contribution >= 4 is 85.8 Å². The monoisotopic (exact) mass is 708 g/mol. The van der Waals surface area contributed by atoms with E-state index in [0.717, 1.165) is 36.4 Å². The average Bonchev–Trinajstić information content (AvgIpc) is 3.47. The van der Waals surface area contributed by atoms with Gasteiger partial charge in [0, 0.05) is 16.4 Å². The van der Waals surface area contributed by atoms with Gasteiger partial charge < -0.3 is 23.0 Å². The molecule has 44 heavy (non-hydrogen) atoms. The second-order valence-electron chi connectivity index (χ2n) is 9.16. The SMILES string of the molecule is CCOP(OCC)OCCSSCCOC(=O)C(C)c1ccc2cc(OC(=O)c3ccc(-c4cc(=S)ss4)cc3)ccc2c1. The van der Waals surface area contributed by atoms with Crippen molar-refractivity contribution in [2.24, 2.45) is 0 Å². The first kappa shape index (κ1) is 35.0. The third kappa shape index (κ3) is 10.6. The molecule has 0 spiro atoms. The summed E-state index contributed by atoms with van der Waals surface area (Å²) in [5.41, 5.74) is 2.35. The zero-order valence-corrected chi connectivity index (χ0v) is 29.5. The maximum atomic E-state index is 12.8. The molecule has 4 aromatic rings. The van der Waals surface area contributed by atoms with Crippen molar-refractivity contribution in [1.82, 2.24) is 0 Å². The second-order valence-corrected chi connectivity index (χ2v) is 16.0. The van der Waals surface area contributed by atoms with Crippen LogP contribution in [0.2, 0.25) is 0 Å². The van der Waals surface area contributed by atoms with Crippen LogP contribution in [0.5, 0.6) is 5.75 Å². The van der Waals surface area contributed by atoms with Crippen LogP contribution in [0.15, 0.2) is 66.7 Å². The third-order valence-corrected chi connectivity index (χ3v) is 12.7. The molecule has 0 radical (unpaired) electrons. The Hall–Kier alpha value is -1.86. The molecule has 1 unspecified atom stereocenters. The molecule has 234 valence electrons. The van der Waals surface area contributed by atoms with Gasteiger partial charge in [-0.3, -0.25) is 4.79 Å². The molecule has 13 heteroatoms. The summed E-state index contributed by atoms with van der Waals surface area (Å²) < 4.78 is 28.4. The van der Waals surface area contributed by atoms with E-state index in [1.54, 1.807) is 60.5 Å². The van der Waals surface area contributed by atoms with Gasteiger partial charge in [0.05, 0.1) is 31.3 Å². The standard InChI is InChI=1S/C31H33O7PS5/c1-4-35-39(36-5-2)37-15-17-42-41-16-14-34-30(32)21(3)24-10-11-26-19-27(13-12-25(26)18-24)38-31(33)23-8-6-22(7-9-23)28-20-29(40)44-43-28/h6-13,18-21H,4-5,14-17H2,1-3H3. The van der Waals surface area contributed by atoms with Gasteiger partial charge in [0.1, 0.15) is 16.2 Å². The number of hydrogen-bond acceptors (Lipinski definition) is 12. The molecule has 7 nitrogen and oxygen atoms in total. The summed E-state index contributed by atoms with van der Waals surface area (Å²) in [6, 6.07) is 20.5. The van der Waals surface area contributed by atoms with E-state index in [-0.39, 0.29) is 5.97 Å². The Morgan fingerprint density at radius 1 is 0.841 bits per heavy atom. The maximum Gasteiger partial charge on any atom is 0.343 e. The normalized spacial score (nSPS) is 12.0. The van der Waals surface area contributed by atoms with Crippen LogP contribution < -0.4 is 4.74 Å². The molecule has 0 saturated carbocycles. The molecule has 0 aliphatic heterocycles. The number of carbonyl (C=O) groups excluding carboxylic acids is 2. The fraction of sp³-hybridized carbons (Fsp3) is 0.323. The van der Waals surface area contributed by atoms with Crippen LogP contribution >= 0.6 is 63.1 Å². The molecule has 1 aromatic heterocycles. The molecule has 0 saturated heterocycles. The molecule has 0 aliphatic carbocycles. The van der Waals surface area contributed by atoms with Crippen molar-refractivity contribution in [3.05, 3.63) is 81.7 Å². The first-order valence-corrected chi connectivity index (χ1v) is 20.1. The van der Waals surface area contributed by atoms with Gasteiger partial charge in [0.2, 0.25) is 0 Å². The molecule has 0 amide bonds. The fourth-order valence-corrected chi connectivity index (χ4v) is 8.97. The predicted octanol–water partition coefficient (Wildman–Crippen LogP) is 9.92. The molecular formula is C31H33O7PS5. The predicted molar refractivity (Wildman–Crippen MR) is 188 cm³/mol. The van der Waals surface area contributed by atoms with Crippen molar-refractivity contribution in [3.8, 4) is 16.2 Å². The fourth-order valence-electron chi connectivity index (χ4n) is 3.91. The lowest BCUT2D eigenvalue weighted by atomic mass is 9.98. The van der Waals surface area contributed by atoms with Crippen LogP contribution in [-0.2, 0) is 23.1 Å². The minimum atomic E-state index is -1.27. The van der Waals surface area contributed by atoms with E-state index in [9.17, 15) is 9.59 Å². The zero-order chi connectivity index (χ0) is 31.3. The maximum absolute atomic E-state index is 12.8. The highest BCUT2D eigenvalue weighted by atomic mass is 33.1. The third-order valence-electron chi connectivity index (χ3n) is 6.09. The molecule has 0 N–H and O–H groups in total. The topological polar surface area (TPSA) is 80.3 Å².